The van der Waals surface area contributed by atoms with Gasteiger partial charge in [-0.3, -0.25) is 9.59 Å². The molecule has 2 amide bonds. The number of likely N-dealkylation sites (tertiary alicyclic amines) is 1. The van der Waals surface area contributed by atoms with Crippen LogP contribution in [0, 0.1) is 0 Å². The molecule has 1 N–H and O–H groups in total. The normalized spacial score (nSPS) is 21.9. The average molecular weight is 219 g/mol. The van der Waals surface area contributed by atoms with Crippen molar-refractivity contribution >= 4 is 23.4 Å². The Balaban J connectivity index is 2.68. The van der Waals surface area contributed by atoms with Crippen LogP contribution in [-0.4, -0.2) is 42.2 Å². The highest BCUT2D eigenvalue weighted by molar-refractivity contribution is 6.27. The lowest BCUT2D eigenvalue weighted by atomic mass is 10.0. The molecule has 0 bridgehead atoms. The maximum Gasteiger partial charge on any atom is 0.242 e. The van der Waals surface area contributed by atoms with Crippen molar-refractivity contribution in [1.82, 2.24) is 10.2 Å². The molecule has 0 spiro atoms. The summed E-state index contributed by atoms with van der Waals surface area (Å²) in [6.45, 7) is 0.642. The van der Waals surface area contributed by atoms with Crippen molar-refractivity contribution in [3.8, 4) is 0 Å². The number of hydrogen-bond acceptors (Lipinski definition) is 2. The van der Waals surface area contributed by atoms with Crippen LogP contribution in [0.2, 0.25) is 0 Å². The Kier molecular flexibility index (Phi) is 4.20. The number of carbonyl (C=O) groups excluding carboxylic acids is 2. The SMILES string of the molecule is CNC(=O)C1CCCCN1C(=O)CCl. The lowest BCUT2D eigenvalue weighted by Gasteiger charge is -2.33. The van der Waals surface area contributed by atoms with Gasteiger partial charge in [0.25, 0.3) is 0 Å². The van der Waals surface area contributed by atoms with Gasteiger partial charge in [0.1, 0.15) is 11.9 Å². The third-order valence-corrected chi connectivity index (χ3v) is 2.72. The molecule has 1 heterocycles. The minimum absolute atomic E-state index is 0.0481. The summed E-state index contributed by atoms with van der Waals surface area (Å²) in [4.78, 5) is 24.4. The molecule has 0 radical (unpaired) electrons. The van der Waals surface area contributed by atoms with Crippen LogP contribution in [0.1, 0.15) is 19.3 Å². The van der Waals surface area contributed by atoms with Gasteiger partial charge in [-0.15, -0.1) is 11.6 Å². The van der Waals surface area contributed by atoms with E-state index in [1.807, 2.05) is 0 Å². The molecular formula is C9H15ClN2O2. The Bertz CT molecular complexity index is 209. The number of piperidine rings is 1. The van der Waals surface area contributed by atoms with E-state index in [1.165, 1.54) is 0 Å². The van der Waals surface area contributed by atoms with Crippen molar-refractivity contribution in [2.24, 2.45) is 0 Å². The summed E-state index contributed by atoms with van der Waals surface area (Å²) in [5.74, 6) is -0.295. The highest BCUT2D eigenvalue weighted by Crippen LogP contribution is 2.17. The van der Waals surface area contributed by atoms with E-state index in [2.05, 4.69) is 5.32 Å². The van der Waals surface area contributed by atoms with E-state index in [1.54, 1.807) is 11.9 Å². The number of amides is 2. The molecule has 1 unspecified atom stereocenters. The molecule has 1 rings (SSSR count). The number of halogens is 1. The molecule has 14 heavy (non-hydrogen) atoms. The molecule has 1 fully saturated rings. The van der Waals surface area contributed by atoms with Crippen LogP contribution in [-0.2, 0) is 9.59 Å². The number of alkyl halides is 1. The summed E-state index contributed by atoms with van der Waals surface area (Å²) in [7, 11) is 1.58. The number of rotatable bonds is 2. The largest absolute Gasteiger partial charge is 0.357 e. The standard InChI is InChI=1S/C9H15ClN2O2/c1-11-9(14)7-4-2-3-5-12(7)8(13)6-10/h7H,2-6H2,1H3,(H,11,14). The molecule has 80 valence electrons. The first kappa shape index (κ1) is 11.3. The van der Waals surface area contributed by atoms with Gasteiger partial charge >= 0.3 is 0 Å². The Morgan fingerprint density at radius 2 is 2.21 bits per heavy atom. The quantitative estimate of drug-likeness (QED) is 0.681. The van der Waals surface area contributed by atoms with Crippen molar-refractivity contribution in [2.75, 3.05) is 19.5 Å². The number of likely N-dealkylation sites (N-methyl/N-ethyl adjacent to an activating group) is 1. The van der Waals surface area contributed by atoms with Gasteiger partial charge in [0.05, 0.1) is 0 Å². The third kappa shape index (κ3) is 2.38. The maximum absolute atomic E-state index is 11.4. The summed E-state index contributed by atoms with van der Waals surface area (Å²) >= 11 is 5.48. The lowest BCUT2D eigenvalue weighted by Crippen LogP contribution is -2.51. The van der Waals surface area contributed by atoms with Gasteiger partial charge in [-0.1, -0.05) is 0 Å². The van der Waals surface area contributed by atoms with Gasteiger partial charge in [-0.25, -0.2) is 0 Å². The fourth-order valence-corrected chi connectivity index (χ4v) is 1.90. The molecule has 1 aliphatic heterocycles. The van der Waals surface area contributed by atoms with Crippen LogP contribution < -0.4 is 5.32 Å². The van der Waals surface area contributed by atoms with Crippen molar-refractivity contribution in [2.45, 2.75) is 25.3 Å². The predicted molar refractivity (Wildman–Crippen MR) is 54.1 cm³/mol. The summed E-state index contributed by atoms with van der Waals surface area (Å²) in [6, 6.07) is -0.319. The van der Waals surface area contributed by atoms with E-state index in [-0.39, 0.29) is 23.7 Å². The molecule has 4 nitrogen and oxygen atoms in total. The zero-order valence-electron chi connectivity index (χ0n) is 8.25. The van der Waals surface area contributed by atoms with E-state index in [0.717, 1.165) is 19.3 Å². The van der Waals surface area contributed by atoms with Crippen LogP contribution in [0.15, 0.2) is 0 Å². The van der Waals surface area contributed by atoms with E-state index >= 15 is 0 Å². The second kappa shape index (κ2) is 5.20. The van der Waals surface area contributed by atoms with Gasteiger partial charge < -0.3 is 10.2 Å². The molecule has 0 aromatic carbocycles. The van der Waals surface area contributed by atoms with Gasteiger partial charge in [-0.05, 0) is 19.3 Å². The number of nitrogens with zero attached hydrogens (tertiary/aromatic N) is 1. The second-order valence-corrected chi connectivity index (χ2v) is 3.61. The molecule has 5 heteroatoms. The highest BCUT2D eigenvalue weighted by Gasteiger charge is 2.30. The number of nitrogens with one attached hydrogen (secondary N) is 1. The Labute approximate surface area is 88.6 Å². The van der Waals surface area contributed by atoms with Crippen molar-refractivity contribution in [3.05, 3.63) is 0 Å². The summed E-state index contributed by atoms with van der Waals surface area (Å²) < 4.78 is 0. The molecule has 1 aliphatic rings. The molecule has 0 aliphatic carbocycles. The van der Waals surface area contributed by atoms with E-state index in [4.69, 9.17) is 11.6 Å². The lowest BCUT2D eigenvalue weighted by molar-refractivity contribution is -0.140. The van der Waals surface area contributed by atoms with Crippen molar-refractivity contribution in [3.63, 3.8) is 0 Å². The number of hydrogen-bond donors (Lipinski definition) is 1. The van der Waals surface area contributed by atoms with Crippen LogP contribution in [0.4, 0.5) is 0 Å². The van der Waals surface area contributed by atoms with Crippen molar-refractivity contribution in [1.29, 1.82) is 0 Å². The number of carbonyl (C=O) groups is 2. The smallest absolute Gasteiger partial charge is 0.242 e. The average Bonchev–Trinajstić information content (AvgIpc) is 2.27. The summed E-state index contributed by atoms with van der Waals surface area (Å²) in [5, 5.41) is 2.57. The highest BCUT2D eigenvalue weighted by atomic mass is 35.5. The first-order valence-electron chi connectivity index (χ1n) is 4.77. The first-order valence-corrected chi connectivity index (χ1v) is 5.31. The van der Waals surface area contributed by atoms with Gasteiger partial charge in [0, 0.05) is 13.6 Å². The fourth-order valence-electron chi connectivity index (χ4n) is 1.75. The van der Waals surface area contributed by atoms with Crippen molar-refractivity contribution < 1.29 is 9.59 Å². The maximum atomic E-state index is 11.4. The summed E-state index contributed by atoms with van der Waals surface area (Å²) in [5.41, 5.74) is 0. The van der Waals surface area contributed by atoms with E-state index < -0.39 is 0 Å². The van der Waals surface area contributed by atoms with Gasteiger partial charge in [-0.2, -0.15) is 0 Å². The van der Waals surface area contributed by atoms with Crippen LogP contribution in [0.3, 0.4) is 0 Å². The molecule has 0 saturated carbocycles. The predicted octanol–water partition coefficient (Wildman–Crippen LogP) is 0.352. The Hall–Kier alpha value is -0.770. The molecule has 1 saturated heterocycles. The molecule has 1 atom stereocenters. The minimum Gasteiger partial charge on any atom is -0.357 e. The first-order chi connectivity index (χ1) is 6.70. The minimum atomic E-state index is -0.319. The fraction of sp³-hybridized carbons (Fsp3) is 0.778. The molecule has 0 aromatic heterocycles. The Morgan fingerprint density at radius 1 is 1.50 bits per heavy atom. The van der Waals surface area contributed by atoms with E-state index in [9.17, 15) is 9.59 Å². The van der Waals surface area contributed by atoms with Gasteiger partial charge in [0.15, 0.2) is 0 Å². The second-order valence-electron chi connectivity index (χ2n) is 3.35. The zero-order chi connectivity index (χ0) is 10.6. The molecule has 0 aromatic rings. The third-order valence-electron chi connectivity index (χ3n) is 2.49. The van der Waals surface area contributed by atoms with Gasteiger partial charge in [0.2, 0.25) is 11.8 Å². The summed E-state index contributed by atoms with van der Waals surface area (Å²) in [6.07, 6.45) is 2.68. The zero-order valence-corrected chi connectivity index (χ0v) is 9.01. The molecular weight excluding hydrogens is 204 g/mol. The topological polar surface area (TPSA) is 49.4 Å². The monoisotopic (exact) mass is 218 g/mol. The van der Waals surface area contributed by atoms with Crippen LogP contribution >= 0.6 is 11.6 Å². The van der Waals surface area contributed by atoms with Crippen LogP contribution in [0.5, 0.6) is 0 Å². The Morgan fingerprint density at radius 3 is 2.79 bits per heavy atom. The van der Waals surface area contributed by atoms with Crippen LogP contribution in [0.25, 0.3) is 0 Å². The van der Waals surface area contributed by atoms with E-state index in [0.29, 0.717) is 6.54 Å².